The van der Waals surface area contributed by atoms with Gasteiger partial charge < -0.3 is 0 Å². The molecule has 0 aliphatic rings. The van der Waals surface area contributed by atoms with Gasteiger partial charge in [0.2, 0.25) is 10.0 Å². The lowest BCUT2D eigenvalue weighted by Gasteiger charge is -2.06. The largest absolute Gasteiger partial charge is 0.350 e. The van der Waals surface area contributed by atoms with Crippen LogP contribution in [0, 0.1) is 6.92 Å². The summed E-state index contributed by atoms with van der Waals surface area (Å²) in [7, 11) is -3.53. The topological polar surface area (TPSA) is 85.5 Å². The maximum absolute atomic E-state index is 12.2. The standard InChI is InChI=1S/C16H18N4O3S/c1-13-6-8-14(9-7-13)24(22,23)17-10-4-12-20-16(21)19-11-3-2-5-15(19)18-20/h2-3,5-9,11,17H,4,10,12H2,1H3. The van der Waals surface area contributed by atoms with E-state index in [0.29, 0.717) is 18.6 Å². The molecule has 3 aromatic rings. The minimum Gasteiger partial charge on any atom is -0.250 e. The normalized spacial score (nSPS) is 11.9. The molecular weight excluding hydrogens is 328 g/mol. The number of nitrogens with one attached hydrogen (secondary N) is 1. The molecule has 0 aliphatic heterocycles. The number of aryl methyl sites for hydroxylation is 2. The van der Waals surface area contributed by atoms with Crippen molar-refractivity contribution >= 4 is 15.7 Å². The lowest BCUT2D eigenvalue weighted by Crippen LogP contribution is -2.27. The molecule has 0 fully saturated rings. The third-order valence-corrected chi connectivity index (χ3v) is 5.14. The maximum atomic E-state index is 12.2. The van der Waals surface area contributed by atoms with Crippen LogP contribution in [0.3, 0.4) is 0 Å². The van der Waals surface area contributed by atoms with E-state index in [1.807, 2.05) is 13.0 Å². The van der Waals surface area contributed by atoms with Crippen LogP contribution in [0.2, 0.25) is 0 Å². The highest BCUT2D eigenvalue weighted by atomic mass is 32.2. The first kappa shape index (κ1) is 16.4. The van der Waals surface area contributed by atoms with Crippen LogP contribution >= 0.6 is 0 Å². The first-order chi connectivity index (χ1) is 11.5. The Bertz CT molecular complexity index is 1000. The number of aromatic nitrogens is 3. The lowest BCUT2D eigenvalue weighted by atomic mass is 10.2. The molecule has 0 unspecified atom stereocenters. The van der Waals surface area contributed by atoms with Crippen molar-refractivity contribution in [2.75, 3.05) is 6.54 Å². The van der Waals surface area contributed by atoms with Gasteiger partial charge in [0.05, 0.1) is 4.90 Å². The van der Waals surface area contributed by atoms with E-state index in [-0.39, 0.29) is 17.1 Å². The molecule has 2 aromatic heterocycles. The number of hydrogen-bond acceptors (Lipinski definition) is 4. The minimum atomic E-state index is -3.53. The fraction of sp³-hybridized carbons (Fsp3) is 0.250. The van der Waals surface area contributed by atoms with E-state index < -0.39 is 10.0 Å². The Morgan fingerprint density at radius 3 is 2.58 bits per heavy atom. The third-order valence-electron chi connectivity index (χ3n) is 3.66. The first-order valence-electron chi connectivity index (χ1n) is 7.58. The summed E-state index contributed by atoms with van der Waals surface area (Å²) in [4.78, 5) is 12.3. The van der Waals surface area contributed by atoms with Gasteiger partial charge in [-0.1, -0.05) is 23.8 Å². The highest BCUT2D eigenvalue weighted by Gasteiger charge is 2.13. The molecule has 3 rings (SSSR count). The van der Waals surface area contributed by atoms with Gasteiger partial charge in [0.25, 0.3) is 0 Å². The zero-order valence-electron chi connectivity index (χ0n) is 13.2. The summed E-state index contributed by atoms with van der Waals surface area (Å²) in [6, 6.07) is 12.0. The summed E-state index contributed by atoms with van der Waals surface area (Å²) in [5.74, 6) is 0. The molecule has 0 aliphatic carbocycles. The summed E-state index contributed by atoms with van der Waals surface area (Å²) in [6.07, 6.45) is 2.12. The Balaban J connectivity index is 1.61. The predicted octanol–water partition coefficient (Wildman–Crippen LogP) is 1.17. The second-order valence-corrected chi connectivity index (χ2v) is 7.27. The summed E-state index contributed by atoms with van der Waals surface area (Å²) in [5, 5.41) is 4.20. The average Bonchev–Trinajstić information content (AvgIpc) is 2.89. The zero-order valence-corrected chi connectivity index (χ0v) is 14.0. The second-order valence-electron chi connectivity index (χ2n) is 5.50. The van der Waals surface area contributed by atoms with E-state index in [1.54, 1.807) is 42.6 Å². The predicted molar refractivity (Wildman–Crippen MR) is 90.4 cm³/mol. The van der Waals surface area contributed by atoms with Crippen LogP contribution in [0.4, 0.5) is 0 Å². The molecule has 0 saturated carbocycles. The van der Waals surface area contributed by atoms with Gasteiger partial charge in [0.1, 0.15) is 0 Å². The lowest BCUT2D eigenvalue weighted by molar-refractivity contribution is 0.543. The van der Waals surface area contributed by atoms with Crippen LogP contribution in [0.5, 0.6) is 0 Å². The van der Waals surface area contributed by atoms with Gasteiger partial charge in [0.15, 0.2) is 5.65 Å². The van der Waals surface area contributed by atoms with Crippen molar-refractivity contribution in [3.05, 3.63) is 64.7 Å². The van der Waals surface area contributed by atoms with Crippen LogP contribution in [0.15, 0.2) is 58.4 Å². The summed E-state index contributed by atoms with van der Waals surface area (Å²) in [6.45, 7) is 2.48. The number of nitrogens with zero attached hydrogens (tertiary/aromatic N) is 3. The molecule has 0 bridgehead atoms. The molecule has 1 aromatic carbocycles. The van der Waals surface area contributed by atoms with Crippen molar-refractivity contribution in [2.24, 2.45) is 0 Å². The Morgan fingerprint density at radius 1 is 1.12 bits per heavy atom. The van der Waals surface area contributed by atoms with Crippen molar-refractivity contribution < 1.29 is 8.42 Å². The van der Waals surface area contributed by atoms with Gasteiger partial charge in [0, 0.05) is 19.3 Å². The maximum Gasteiger partial charge on any atom is 0.350 e. The van der Waals surface area contributed by atoms with E-state index in [1.165, 1.54) is 9.08 Å². The van der Waals surface area contributed by atoms with E-state index in [2.05, 4.69) is 9.82 Å². The van der Waals surface area contributed by atoms with Gasteiger partial charge in [-0.3, -0.25) is 4.40 Å². The van der Waals surface area contributed by atoms with Gasteiger partial charge in [-0.05, 0) is 37.6 Å². The minimum absolute atomic E-state index is 0.230. The number of hydrogen-bond donors (Lipinski definition) is 1. The van der Waals surface area contributed by atoms with E-state index in [9.17, 15) is 13.2 Å². The zero-order chi connectivity index (χ0) is 17.2. The molecule has 0 atom stereocenters. The van der Waals surface area contributed by atoms with Crippen LogP contribution in [-0.4, -0.2) is 29.1 Å². The molecule has 2 heterocycles. The van der Waals surface area contributed by atoms with Crippen LogP contribution < -0.4 is 10.4 Å². The number of pyridine rings is 1. The smallest absolute Gasteiger partial charge is 0.250 e. The Hall–Kier alpha value is -2.45. The van der Waals surface area contributed by atoms with Crippen LogP contribution in [0.25, 0.3) is 5.65 Å². The monoisotopic (exact) mass is 346 g/mol. The van der Waals surface area contributed by atoms with Crippen molar-refractivity contribution in [1.82, 2.24) is 18.9 Å². The Morgan fingerprint density at radius 2 is 1.88 bits per heavy atom. The molecule has 0 radical (unpaired) electrons. The van der Waals surface area contributed by atoms with Gasteiger partial charge in [-0.25, -0.2) is 22.6 Å². The van der Waals surface area contributed by atoms with Gasteiger partial charge in [-0.2, -0.15) is 0 Å². The average molecular weight is 346 g/mol. The highest BCUT2D eigenvalue weighted by Crippen LogP contribution is 2.09. The third kappa shape index (κ3) is 3.39. The fourth-order valence-electron chi connectivity index (χ4n) is 2.35. The number of benzene rings is 1. The first-order valence-corrected chi connectivity index (χ1v) is 9.06. The van der Waals surface area contributed by atoms with E-state index in [4.69, 9.17) is 0 Å². The second kappa shape index (κ2) is 6.58. The summed E-state index contributed by atoms with van der Waals surface area (Å²) in [5.41, 5.74) is 1.34. The SMILES string of the molecule is Cc1ccc(S(=O)(=O)NCCCn2nc3ccccn3c2=O)cc1. The molecule has 8 heteroatoms. The number of fused-ring (bicyclic) bond motifs is 1. The molecule has 24 heavy (non-hydrogen) atoms. The van der Waals surface area contributed by atoms with E-state index in [0.717, 1.165) is 5.56 Å². The van der Waals surface area contributed by atoms with Crippen molar-refractivity contribution in [2.45, 2.75) is 24.8 Å². The van der Waals surface area contributed by atoms with Crippen molar-refractivity contribution in [3.63, 3.8) is 0 Å². The van der Waals surface area contributed by atoms with Crippen molar-refractivity contribution in [3.8, 4) is 0 Å². The van der Waals surface area contributed by atoms with Crippen LogP contribution in [0.1, 0.15) is 12.0 Å². The molecule has 1 N–H and O–H groups in total. The highest BCUT2D eigenvalue weighted by molar-refractivity contribution is 7.89. The molecule has 7 nitrogen and oxygen atoms in total. The van der Waals surface area contributed by atoms with Gasteiger partial charge in [-0.15, -0.1) is 5.10 Å². The number of sulfonamides is 1. The Labute approximate surface area is 139 Å². The quantitative estimate of drug-likeness (QED) is 0.679. The molecule has 0 spiro atoms. The molecule has 0 amide bonds. The van der Waals surface area contributed by atoms with E-state index >= 15 is 0 Å². The number of rotatable bonds is 6. The summed E-state index contributed by atoms with van der Waals surface area (Å²) >= 11 is 0. The van der Waals surface area contributed by atoms with Crippen LogP contribution in [-0.2, 0) is 16.6 Å². The summed E-state index contributed by atoms with van der Waals surface area (Å²) < 4.78 is 29.7. The molecule has 0 saturated heterocycles. The van der Waals surface area contributed by atoms with Gasteiger partial charge >= 0.3 is 5.69 Å². The Kier molecular flexibility index (Phi) is 4.50. The molecular formula is C16H18N4O3S. The van der Waals surface area contributed by atoms with Crippen molar-refractivity contribution in [1.29, 1.82) is 0 Å². The fourth-order valence-corrected chi connectivity index (χ4v) is 3.42. The molecule has 126 valence electrons.